The van der Waals surface area contributed by atoms with E-state index in [4.69, 9.17) is 0 Å². The molecule has 0 spiro atoms. The highest BCUT2D eigenvalue weighted by molar-refractivity contribution is 5.90. The van der Waals surface area contributed by atoms with E-state index in [0.717, 1.165) is 37.7 Å². The fraction of sp³-hybridized carbons (Fsp3) is 0.650. The van der Waals surface area contributed by atoms with Crippen molar-refractivity contribution in [3.63, 3.8) is 0 Å². The minimum atomic E-state index is 0. The van der Waals surface area contributed by atoms with Crippen molar-refractivity contribution in [1.29, 1.82) is 0 Å². The molecule has 6 heteroatoms. The number of benzene rings is 1. The first kappa shape index (κ1) is 23.2. The number of anilines is 1. The van der Waals surface area contributed by atoms with Gasteiger partial charge in [-0.1, -0.05) is 19.1 Å². The highest BCUT2D eigenvalue weighted by atomic mass is 35.5. The van der Waals surface area contributed by atoms with E-state index in [0.29, 0.717) is 12.3 Å². The van der Waals surface area contributed by atoms with E-state index in [1.165, 1.54) is 37.9 Å². The Kier molecular flexibility index (Phi) is 10.6. The number of hydrogen-bond donors (Lipinski definition) is 2. The predicted octanol–water partition coefficient (Wildman–Crippen LogP) is 4.09. The topological polar surface area (TPSA) is 44.4 Å². The Morgan fingerprint density at radius 2 is 2.00 bits per heavy atom. The number of carbonyl (C=O) groups excluding carboxylic acids is 1. The van der Waals surface area contributed by atoms with Crippen LogP contribution in [0, 0.1) is 11.8 Å². The third kappa shape index (κ3) is 7.43. The van der Waals surface area contributed by atoms with Gasteiger partial charge in [0.15, 0.2) is 0 Å². The first-order valence-electron chi connectivity index (χ1n) is 9.51. The molecule has 0 bridgehead atoms. The molecule has 2 aliphatic rings. The number of nitrogens with one attached hydrogen (secondary N) is 2. The second kappa shape index (κ2) is 11.8. The average Bonchev–Trinajstić information content (AvgIpc) is 3.08. The zero-order chi connectivity index (χ0) is 16.8. The molecule has 2 unspecified atom stereocenters. The number of rotatable bonds is 6. The van der Waals surface area contributed by atoms with Crippen molar-refractivity contribution in [2.75, 3.05) is 31.5 Å². The Hall–Kier alpha value is -0.810. The summed E-state index contributed by atoms with van der Waals surface area (Å²) in [6.45, 7) is 7.94. The summed E-state index contributed by atoms with van der Waals surface area (Å²) in [6, 6.07) is 8.38. The van der Waals surface area contributed by atoms with Crippen LogP contribution in [0.4, 0.5) is 5.69 Å². The molecule has 2 N–H and O–H groups in total. The van der Waals surface area contributed by atoms with Gasteiger partial charge in [-0.3, -0.25) is 9.69 Å². The van der Waals surface area contributed by atoms with Crippen molar-refractivity contribution in [1.82, 2.24) is 10.2 Å². The molecule has 2 atom stereocenters. The van der Waals surface area contributed by atoms with E-state index in [-0.39, 0.29) is 30.7 Å². The summed E-state index contributed by atoms with van der Waals surface area (Å²) in [5.74, 6) is 1.62. The van der Waals surface area contributed by atoms with Crippen LogP contribution in [0.15, 0.2) is 24.3 Å². The fourth-order valence-electron chi connectivity index (χ4n) is 3.90. The van der Waals surface area contributed by atoms with Crippen molar-refractivity contribution >= 4 is 36.4 Å². The van der Waals surface area contributed by atoms with Crippen molar-refractivity contribution in [2.24, 2.45) is 11.8 Å². The zero-order valence-electron chi connectivity index (χ0n) is 15.7. The number of nitrogens with zero attached hydrogens (tertiary/aromatic N) is 1. The summed E-state index contributed by atoms with van der Waals surface area (Å²) >= 11 is 0. The Morgan fingerprint density at radius 1 is 1.23 bits per heavy atom. The molecule has 2 heterocycles. The summed E-state index contributed by atoms with van der Waals surface area (Å²) in [5, 5.41) is 6.38. The first-order chi connectivity index (χ1) is 11.7. The summed E-state index contributed by atoms with van der Waals surface area (Å²) < 4.78 is 0. The third-order valence-electron chi connectivity index (χ3n) is 5.33. The molecule has 1 amide bonds. The van der Waals surface area contributed by atoms with Crippen LogP contribution in [0.3, 0.4) is 0 Å². The van der Waals surface area contributed by atoms with E-state index in [1.807, 2.05) is 12.1 Å². The lowest BCUT2D eigenvalue weighted by Gasteiger charge is -2.30. The van der Waals surface area contributed by atoms with Gasteiger partial charge in [-0.25, -0.2) is 0 Å². The molecule has 0 aromatic heterocycles. The third-order valence-corrected chi connectivity index (χ3v) is 5.33. The Morgan fingerprint density at radius 3 is 2.65 bits per heavy atom. The number of likely N-dealkylation sites (tertiary alicyclic amines) is 1. The number of amides is 1. The lowest BCUT2D eigenvalue weighted by atomic mass is 10.00. The van der Waals surface area contributed by atoms with Gasteiger partial charge in [0.05, 0.1) is 0 Å². The smallest absolute Gasteiger partial charge is 0.224 e. The summed E-state index contributed by atoms with van der Waals surface area (Å²) in [7, 11) is 0. The van der Waals surface area contributed by atoms with Crippen LogP contribution in [-0.4, -0.2) is 37.0 Å². The Bertz CT molecular complexity index is 532. The highest BCUT2D eigenvalue weighted by Crippen LogP contribution is 2.19. The fourth-order valence-corrected chi connectivity index (χ4v) is 3.90. The molecule has 0 radical (unpaired) electrons. The van der Waals surface area contributed by atoms with Crippen LogP contribution in [0.25, 0.3) is 0 Å². The molecule has 3 rings (SSSR count). The van der Waals surface area contributed by atoms with E-state index >= 15 is 0 Å². The van der Waals surface area contributed by atoms with Crippen molar-refractivity contribution in [3.05, 3.63) is 29.8 Å². The highest BCUT2D eigenvalue weighted by Gasteiger charge is 2.17. The SMILES string of the molecule is CC1CCCN(Cc2ccc(NC(=O)CCC3CCNC3)cc2)C1.Cl.Cl. The predicted molar refractivity (Wildman–Crippen MR) is 113 cm³/mol. The second-order valence-electron chi connectivity index (χ2n) is 7.63. The molecule has 1 aromatic carbocycles. The van der Waals surface area contributed by atoms with Gasteiger partial charge in [0.1, 0.15) is 0 Å². The average molecular weight is 402 g/mol. The monoisotopic (exact) mass is 401 g/mol. The molecule has 4 nitrogen and oxygen atoms in total. The van der Waals surface area contributed by atoms with Crippen molar-refractivity contribution in [3.8, 4) is 0 Å². The minimum absolute atomic E-state index is 0. The van der Waals surface area contributed by atoms with Gasteiger partial charge in [-0.15, -0.1) is 24.8 Å². The van der Waals surface area contributed by atoms with Crippen LogP contribution >= 0.6 is 24.8 Å². The quantitative estimate of drug-likeness (QED) is 0.753. The maximum absolute atomic E-state index is 12.1. The lowest BCUT2D eigenvalue weighted by Crippen LogP contribution is -2.33. The largest absolute Gasteiger partial charge is 0.326 e. The van der Waals surface area contributed by atoms with E-state index in [2.05, 4.69) is 34.6 Å². The van der Waals surface area contributed by atoms with Gasteiger partial charge in [-0.05, 0) is 74.8 Å². The summed E-state index contributed by atoms with van der Waals surface area (Å²) in [6.07, 6.45) is 5.49. The van der Waals surface area contributed by atoms with E-state index in [1.54, 1.807) is 0 Å². The summed E-state index contributed by atoms with van der Waals surface area (Å²) in [5.41, 5.74) is 2.25. The number of halogens is 2. The normalized spacial score (nSPS) is 23.0. The van der Waals surface area contributed by atoms with Gasteiger partial charge in [0.25, 0.3) is 0 Å². The van der Waals surface area contributed by atoms with Crippen LogP contribution in [-0.2, 0) is 11.3 Å². The van der Waals surface area contributed by atoms with Gasteiger partial charge in [0.2, 0.25) is 5.91 Å². The molecule has 1 aromatic rings. The van der Waals surface area contributed by atoms with Crippen LogP contribution in [0.5, 0.6) is 0 Å². The van der Waals surface area contributed by atoms with Gasteiger partial charge < -0.3 is 10.6 Å². The Balaban J connectivity index is 0.00000169. The van der Waals surface area contributed by atoms with E-state index in [9.17, 15) is 4.79 Å². The zero-order valence-corrected chi connectivity index (χ0v) is 17.3. The molecule has 0 saturated carbocycles. The molecule has 2 aliphatic heterocycles. The maximum Gasteiger partial charge on any atom is 0.224 e. The van der Waals surface area contributed by atoms with Gasteiger partial charge in [0, 0.05) is 25.2 Å². The van der Waals surface area contributed by atoms with Crippen LogP contribution in [0.1, 0.15) is 44.6 Å². The van der Waals surface area contributed by atoms with Gasteiger partial charge >= 0.3 is 0 Å². The molecule has 2 fully saturated rings. The van der Waals surface area contributed by atoms with Crippen molar-refractivity contribution in [2.45, 2.75) is 45.6 Å². The standard InChI is InChI=1S/C20H31N3O.2ClH/c1-16-3-2-12-23(14-16)15-18-4-7-19(8-5-18)22-20(24)9-6-17-10-11-21-13-17;;/h4-5,7-8,16-17,21H,2-3,6,9-15H2,1H3,(H,22,24);2*1H. The minimum Gasteiger partial charge on any atom is -0.326 e. The lowest BCUT2D eigenvalue weighted by molar-refractivity contribution is -0.116. The molecule has 26 heavy (non-hydrogen) atoms. The molecule has 0 aliphatic carbocycles. The van der Waals surface area contributed by atoms with Crippen LogP contribution < -0.4 is 10.6 Å². The molecule has 2 saturated heterocycles. The van der Waals surface area contributed by atoms with Crippen LogP contribution in [0.2, 0.25) is 0 Å². The number of carbonyl (C=O) groups is 1. The molecule has 148 valence electrons. The van der Waals surface area contributed by atoms with E-state index < -0.39 is 0 Å². The second-order valence-corrected chi connectivity index (χ2v) is 7.63. The van der Waals surface area contributed by atoms with Crippen molar-refractivity contribution < 1.29 is 4.79 Å². The first-order valence-corrected chi connectivity index (χ1v) is 9.51. The Labute approximate surface area is 170 Å². The number of piperidine rings is 1. The molecular weight excluding hydrogens is 369 g/mol. The molecular formula is C20H33Cl2N3O. The summed E-state index contributed by atoms with van der Waals surface area (Å²) in [4.78, 5) is 14.6. The maximum atomic E-state index is 12.1. The number of hydrogen-bond acceptors (Lipinski definition) is 3. The van der Waals surface area contributed by atoms with Gasteiger partial charge in [-0.2, -0.15) is 0 Å².